The molecule has 0 aliphatic rings. The molecule has 0 aromatic heterocycles. The zero-order valence-electron chi connectivity index (χ0n) is 11.5. The van der Waals surface area contributed by atoms with E-state index in [0.717, 1.165) is 15.7 Å². The van der Waals surface area contributed by atoms with Gasteiger partial charge in [0.25, 0.3) is 0 Å². The van der Waals surface area contributed by atoms with Gasteiger partial charge in [-0.05, 0) is 37.6 Å². The van der Waals surface area contributed by atoms with Gasteiger partial charge in [-0.1, -0.05) is 58.0 Å². The fourth-order valence-corrected chi connectivity index (χ4v) is 2.55. The van der Waals surface area contributed by atoms with Crippen LogP contribution < -0.4 is 11.1 Å². The van der Waals surface area contributed by atoms with E-state index in [9.17, 15) is 0 Å². The SMILES string of the molecule is Cc1ccc(C(C)Nc2ccc(Br)cc2C(N)=S)cc1. The number of anilines is 1. The van der Waals surface area contributed by atoms with Crippen LogP contribution in [0.3, 0.4) is 0 Å². The van der Waals surface area contributed by atoms with Crippen LogP contribution in [0.25, 0.3) is 0 Å². The maximum Gasteiger partial charge on any atom is 0.106 e. The quantitative estimate of drug-likeness (QED) is 0.795. The lowest BCUT2D eigenvalue weighted by atomic mass is 10.1. The van der Waals surface area contributed by atoms with Crippen LogP contribution in [0.2, 0.25) is 0 Å². The first kappa shape index (κ1) is 15.0. The number of nitrogens with one attached hydrogen (secondary N) is 1. The van der Waals surface area contributed by atoms with Crippen molar-refractivity contribution >= 4 is 38.8 Å². The summed E-state index contributed by atoms with van der Waals surface area (Å²) in [5, 5.41) is 3.47. The lowest BCUT2D eigenvalue weighted by Crippen LogP contribution is -2.15. The van der Waals surface area contributed by atoms with E-state index in [2.05, 4.69) is 59.4 Å². The van der Waals surface area contributed by atoms with Gasteiger partial charge in [0, 0.05) is 21.8 Å². The predicted octanol–water partition coefficient (Wildman–Crippen LogP) is 4.56. The highest BCUT2D eigenvalue weighted by Gasteiger charge is 2.10. The van der Waals surface area contributed by atoms with Crippen LogP contribution in [0.4, 0.5) is 5.69 Å². The molecule has 4 heteroatoms. The highest BCUT2D eigenvalue weighted by molar-refractivity contribution is 9.10. The van der Waals surface area contributed by atoms with E-state index < -0.39 is 0 Å². The summed E-state index contributed by atoms with van der Waals surface area (Å²) in [5.74, 6) is 0. The summed E-state index contributed by atoms with van der Waals surface area (Å²) >= 11 is 8.55. The molecule has 2 nitrogen and oxygen atoms in total. The minimum atomic E-state index is 0.185. The van der Waals surface area contributed by atoms with Crippen molar-refractivity contribution in [2.24, 2.45) is 5.73 Å². The third kappa shape index (κ3) is 3.58. The molecule has 3 N–H and O–H groups in total. The Bertz CT molecular complexity index is 623. The summed E-state index contributed by atoms with van der Waals surface area (Å²) in [6.45, 7) is 4.21. The fourth-order valence-electron chi connectivity index (χ4n) is 2.02. The minimum absolute atomic E-state index is 0.185. The van der Waals surface area contributed by atoms with Crippen molar-refractivity contribution in [1.82, 2.24) is 0 Å². The van der Waals surface area contributed by atoms with E-state index in [4.69, 9.17) is 18.0 Å². The van der Waals surface area contributed by atoms with Gasteiger partial charge in [0.15, 0.2) is 0 Å². The Morgan fingerprint density at radius 2 is 1.85 bits per heavy atom. The molecule has 0 saturated carbocycles. The molecule has 0 aliphatic heterocycles. The third-order valence-electron chi connectivity index (χ3n) is 3.20. The monoisotopic (exact) mass is 348 g/mol. The minimum Gasteiger partial charge on any atom is -0.389 e. The van der Waals surface area contributed by atoms with Crippen molar-refractivity contribution in [1.29, 1.82) is 0 Å². The molecule has 0 fully saturated rings. The summed E-state index contributed by atoms with van der Waals surface area (Å²) in [6, 6.07) is 14.6. The molecule has 0 saturated heterocycles. The standard InChI is InChI=1S/C16H17BrN2S/c1-10-3-5-12(6-4-10)11(2)19-15-8-7-13(17)9-14(15)16(18)20/h3-9,11,19H,1-2H3,(H2,18,20). The summed E-state index contributed by atoms with van der Waals surface area (Å²) in [6.07, 6.45) is 0. The fraction of sp³-hybridized carbons (Fsp3) is 0.188. The smallest absolute Gasteiger partial charge is 0.106 e. The van der Waals surface area contributed by atoms with Crippen LogP contribution >= 0.6 is 28.1 Å². The number of benzene rings is 2. The van der Waals surface area contributed by atoms with Crippen molar-refractivity contribution in [2.75, 3.05) is 5.32 Å². The van der Waals surface area contributed by atoms with Gasteiger partial charge in [-0.2, -0.15) is 0 Å². The molecule has 0 heterocycles. The van der Waals surface area contributed by atoms with Crippen molar-refractivity contribution < 1.29 is 0 Å². The topological polar surface area (TPSA) is 38.0 Å². The van der Waals surface area contributed by atoms with Gasteiger partial charge in [-0.25, -0.2) is 0 Å². The first-order valence-corrected chi connectivity index (χ1v) is 7.60. The molecule has 2 aromatic rings. The van der Waals surface area contributed by atoms with Gasteiger partial charge >= 0.3 is 0 Å². The molecule has 0 bridgehead atoms. The lowest BCUT2D eigenvalue weighted by molar-refractivity contribution is 0.883. The Hall–Kier alpha value is -1.39. The van der Waals surface area contributed by atoms with E-state index in [1.54, 1.807) is 0 Å². The van der Waals surface area contributed by atoms with Crippen LogP contribution in [0.5, 0.6) is 0 Å². The number of hydrogen-bond acceptors (Lipinski definition) is 2. The van der Waals surface area contributed by atoms with Gasteiger partial charge < -0.3 is 11.1 Å². The Balaban J connectivity index is 2.25. The van der Waals surface area contributed by atoms with Gasteiger partial charge in [-0.3, -0.25) is 0 Å². The summed E-state index contributed by atoms with van der Waals surface area (Å²) in [5.41, 5.74) is 10.1. The van der Waals surface area contributed by atoms with E-state index in [-0.39, 0.29) is 6.04 Å². The van der Waals surface area contributed by atoms with Crippen LogP contribution in [-0.4, -0.2) is 4.99 Å². The number of thiocarbonyl (C=S) groups is 1. The molecule has 1 unspecified atom stereocenters. The van der Waals surface area contributed by atoms with E-state index in [1.807, 2.05) is 18.2 Å². The lowest BCUT2D eigenvalue weighted by Gasteiger charge is -2.18. The zero-order valence-corrected chi connectivity index (χ0v) is 13.9. The first-order valence-electron chi connectivity index (χ1n) is 6.40. The van der Waals surface area contributed by atoms with Crippen molar-refractivity contribution in [3.05, 3.63) is 63.6 Å². The number of aryl methyl sites for hydroxylation is 1. The highest BCUT2D eigenvalue weighted by Crippen LogP contribution is 2.25. The first-order chi connectivity index (χ1) is 9.47. The van der Waals surface area contributed by atoms with Gasteiger partial charge in [-0.15, -0.1) is 0 Å². The second-order valence-electron chi connectivity index (χ2n) is 4.83. The van der Waals surface area contributed by atoms with E-state index >= 15 is 0 Å². The third-order valence-corrected chi connectivity index (χ3v) is 3.91. The second kappa shape index (κ2) is 6.37. The van der Waals surface area contributed by atoms with Crippen LogP contribution in [0, 0.1) is 6.92 Å². The number of halogens is 1. The van der Waals surface area contributed by atoms with Crippen molar-refractivity contribution in [2.45, 2.75) is 19.9 Å². The molecular weight excluding hydrogens is 332 g/mol. The Morgan fingerprint density at radius 1 is 1.20 bits per heavy atom. The number of hydrogen-bond donors (Lipinski definition) is 2. The number of nitrogens with two attached hydrogens (primary N) is 1. The molecule has 2 aromatic carbocycles. The average Bonchev–Trinajstić information content (AvgIpc) is 2.41. The average molecular weight is 349 g/mol. The molecule has 20 heavy (non-hydrogen) atoms. The summed E-state index contributed by atoms with van der Waals surface area (Å²) in [7, 11) is 0. The molecule has 0 amide bonds. The number of rotatable bonds is 4. The van der Waals surface area contributed by atoms with Crippen LogP contribution in [-0.2, 0) is 0 Å². The zero-order chi connectivity index (χ0) is 14.7. The summed E-state index contributed by atoms with van der Waals surface area (Å²) < 4.78 is 0.967. The molecule has 0 aliphatic carbocycles. The van der Waals surface area contributed by atoms with Crippen molar-refractivity contribution in [3.63, 3.8) is 0 Å². The van der Waals surface area contributed by atoms with E-state index in [0.29, 0.717) is 4.99 Å². The highest BCUT2D eigenvalue weighted by atomic mass is 79.9. The summed E-state index contributed by atoms with van der Waals surface area (Å²) in [4.78, 5) is 0.393. The molecular formula is C16H17BrN2S. The Morgan fingerprint density at radius 3 is 2.45 bits per heavy atom. The maximum atomic E-state index is 5.79. The molecule has 104 valence electrons. The van der Waals surface area contributed by atoms with Gasteiger partial charge in [0.1, 0.15) is 4.99 Å². The molecule has 0 radical (unpaired) electrons. The largest absolute Gasteiger partial charge is 0.389 e. The maximum absolute atomic E-state index is 5.79. The van der Waals surface area contributed by atoms with Gasteiger partial charge in [0.05, 0.1) is 0 Å². The second-order valence-corrected chi connectivity index (χ2v) is 6.19. The molecule has 2 rings (SSSR count). The van der Waals surface area contributed by atoms with Gasteiger partial charge in [0.2, 0.25) is 0 Å². The Labute approximate surface area is 133 Å². The van der Waals surface area contributed by atoms with Crippen LogP contribution in [0.1, 0.15) is 29.7 Å². The van der Waals surface area contributed by atoms with E-state index in [1.165, 1.54) is 11.1 Å². The molecule has 1 atom stereocenters. The van der Waals surface area contributed by atoms with Crippen LogP contribution in [0.15, 0.2) is 46.9 Å². The predicted molar refractivity (Wildman–Crippen MR) is 93.2 cm³/mol. The molecule has 0 spiro atoms. The van der Waals surface area contributed by atoms with Crippen molar-refractivity contribution in [3.8, 4) is 0 Å². The Kier molecular flexibility index (Phi) is 4.78. The normalized spacial score (nSPS) is 11.9.